The summed E-state index contributed by atoms with van der Waals surface area (Å²) in [5.74, 6) is 0.0113. The molecule has 1 aromatic carbocycles. The summed E-state index contributed by atoms with van der Waals surface area (Å²) < 4.78 is 2.17. The lowest BCUT2D eigenvalue weighted by atomic mass is 10.1. The normalized spacial score (nSPS) is 12.7. The van der Waals surface area contributed by atoms with Crippen LogP contribution in [0.15, 0.2) is 18.2 Å². The highest BCUT2D eigenvalue weighted by atomic mass is 16.1. The van der Waals surface area contributed by atoms with E-state index in [2.05, 4.69) is 37.7 Å². The molecular formula is C16H22N2O. The van der Waals surface area contributed by atoms with Crippen molar-refractivity contribution in [3.05, 3.63) is 35.0 Å². The van der Waals surface area contributed by atoms with E-state index in [-0.39, 0.29) is 11.9 Å². The molecule has 1 heterocycles. The van der Waals surface area contributed by atoms with Crippen LogP contribution in [-0.4, -0.2) is 16.5 Å². The Morgan fingerprint density at radius 2 is 2.05 bits per heavy atom. The number of nitrogens with one attached hydrogen (secondary N) is 1. The Balaban J connectivity index is 2.42. The SMILES string of the molecule is CCC(C)NC(=O)c1ccc2c(c1)c(C)c(C)n2C. The first kappa shape index (κ1) is 13.7. The van der Waals surface area contributed by atoms with E-state index in [1.54, 1.807) is 0 Å². The largest absolute Gasteiger partial charge is 0.350 e. The van der Waals surface area contributed by atoms with Crippen LogP contribution in [0.2, 0.25) is 0 Å². The van der Waals surface area contributed by atoms with Gasteiger partial charge in [-0.25, -0.2) is 0 Å². The predicted molar refractivity (Wildman–Crippen MR) is 79.6 cm³/mol. The van der Waals surface area contributed by atoms with E-state index < -0.39 is 0 Å². The van der Waals surface area contributed by atoms with Gasteiger partial charge in [0, 0.05) is 35.2 Å². The van der Waals surface area contributed by atoms with Gasteiger partial charge < -0.3 is 9.88 Å². The monoisotopic (exact) mass is 258 g/mol. The molecule has 0 aliphatic heterocycles. The number of hydrogen-bond acceptors (Lipinski definition) is 1. The van der Waals surface area contributed by atoms with E-state index in [1.165, 1.54) is 16.8 Å². The van der Waals surface area contributed by atoms with Gasteiger partial charge in [0.05, 0.1) is 0 Å². The van der Waals surface area contributed by atoms with Gasteiger partial charge >= 0.3 is 0 Å². The third-order valence-corrected chi connectivity index (χ3v) is 4.06. The van der Waals surface area contributed by atoms with Crippen LogP contribution in [0, 0.1) is 13.8 Å². The summed E-state index contributed by atoms with van der Waals surface area (Å²) in [5, 5.41) is 4.17. The first-order chi connectivity index (χ1) is 8.95. The Morgan fingerprint density at radius 3 is 2.68 bits per heavy atom. The maximum Gasteiger partial charge on any atom is 0.251 e. The minimum Gasteiger partial charge on any atom is -0.350 e. The highest BCUT2D eigenvalue weighted by molar-refractivity contribution is 5.99. The zero-order valence-electron chi connectivity index (χ0n) is 12.4. The minimum atomic E-state index is 0.0113. The molecule has 2 aromatic rings. The molecule has 19 heavy (non-hydrogen) atoms. The van der Waals surface area contributed by atoms with E-state index in [0.29, 0.717) is 0 Å². The molecule has 2 rings (SSSR count). The molecular weight excluding hydrogens is 236 g/mol. The fourth-order valence-electron chi connectivity index (χ4n) is 2.31. The van der Waals surface area contributed by atoms with Crippen LogP contribution in [0.1, 0.15) is 41.9 Å². The van der Waals surface area contributed by atoms with E-state index in [0.717, 1.165) is 17.4 Å². The number of amides is 1. The summed E-state index contributed by atoms with van der Waals surface area (Å²) in [5.41, 5.74) is 4.40. The van der Waals surface area contributed by atoms with Crippen LogP contribution < -0.4 is 5.32 Å². The fraction of sp³-hybridized carbons (Fsp3) is 0.438. The van der Waals surface area contributed by atoms with Gasteiger partial charge in [-0.15, -0.1) is 0 Å². The molecule has 0 radical (unpaired) electrons. The van der Waals surface area contributed by atoms with Crippen molar-refractivity contribution >= 4 is 16.8 Å². The van der Waals surface area contributed by atoms with Gasteiger partial charge in [-0.1, -0.05) is 6.92 Å². The number of benzene rings is 1. The summed E-state index contributed by atoms with van der Waals surface area (Å²) >= 11 is 0. The van der Waals surface area contributed by atoms with E-state index in [1.807, 2.05) is 25.1 Å². The maximum absolute atomic E-state index is 12.1. The lowest BCUT2D eigenvalue weighted by molar-refractivity contribution is 0.0939. The fourth-order valence-corrected chi connectivity index (χ4v) is 2.31. The average Bonchev–Trinajstić information content (AvgIpc) is 2.63. The Bertz CT molecular complexity index is 625. The lowest BCUT2D eigenvalue weighted by Crippen LogP contribution is -2.31. The summed E-state index contributed by atoms with van der Waals surface area (Å²) in [6.45, 7) is 8.30. The van der Waals surface area contributed by atoms with Crippen molar-refractivity contribution in [2.45, 2.75) is 40.2 Å². The minimum absolute atomic E-state index is 0.0113. The van der Waals surface area contributed by atoms with Crippen molar-refractivity contribution in [3.8, 4) is 0 Å². The molecule has 0 aliphatic rings. The molecule has 1 unspecified atom stereocenters. The van der Waals surface area contributed by atoms with Crippen molar-refractivity contribution in [1.82, 2.24) is 9.88 Å². The third kappa shape index (κ3) is 2.37. The van der Waals surface area contributed by atoms with Gasteiger partial charge in [0.1, 0.15) is 0 Å². The average molecular weight is 258 g/mol. The Kier molecular flexibility index (Phi) is 3.65. The molecule has 0 bridgehead atoms. The molecule has 1 N–H and O–H groups in total. The number of carbonyl (C=O) groups excluding carboxylic acids is 1. The zero-order valence-corrected chi connectivity index (χ0v) is 12.4. The smallest absolute Gasteiger partial charge is 0.251 e. The van der Waals surface area contributed by atoms with Gasteiger partial charge in [-0.3, -0.25) is 4.79 Å². The molecule has 0 saturated carbocycles. The number of aryl methyl sites for hydroxylation is 2. The second-order valence-corrected chi connectivity index (χ2v) is 5.28. The molecule has 3 nitrogen and oxygen atoms in total. The second-order valence-electron chi connectivity index (χ2n) is 5.28. The molecule has 0 aliphatic carbocycles. The summed E-state index contributed by atoms with van der Waals surface area (Å²) in [6, 6.07) is 6.14. The molecule has 1 atom stereocenters. The van der Waals surface area contributed by atoms with Crippen LogP contribution in [0.25, 0.3) is 10.9 Å². The van der Waals surface area contributed by atoms with E-state index in [4.69, 9.17) is 0 Å². The molecule has 0 spiro atoms. The predicted octanol–water partition coefficient (Wildman–Crippen LogP) is 3.32. The number of hydrogen-bond donors (Lipinski definition) is 1. The standard InChI is InChI=1S/C16H22N2O/c1-6-10(2)17-16(19)13-7-8-15-14(9-13)11(3)12(4)18(15)5/h7-10H,6H2,1-5H3,(H,17,19). The number of fused-ring (bicyclic) bond motifs is 1. The van der Waals surface area contributed by atoms with Crippen molar-refractivity contribution in [1.29, 1.82) is 0 Å². The van der Waals surface area contributed by atoms with Gasteiger partial charge in [-0.2, -0.15) is 0 Å². The summed E-state index contributed by atoms with van der Waals surface area (Å²) in [4.78, 5) is 12.1. The van der Waals surface area contributed by atoms with Crippen molar-refractivity contribution in [3.63, 3.8) is 0 Å². The molecule has 0 saturated heterocycles. The Hall–Kier alpha value is -1.77. The van der Waals surface area contributed by atoms with E-state index >= 15 is 0 Å². The second kappa shape index (κ2) is 5.08. The van der Waals surface area contributed by atoms with Crippen molar-refractivity contribution in [2.75, 3.05) is 0 Å². The number of rotatable bonds is 3. The topological polar surface area (TPSA) is 34.0 Å². The van der Waals surface area contributed by atoms with Crippen LogP contribution in [-0.2, 0) is 7.05 Å². The van der Waals surface area contributed by atoms with Crippen LogP contribution in [0.5, 0.6) is 0 Å². The van der Waals surface area contributed by atoms with Crippen LogP contribution in [0.4, 0.5) is 0 Å². The number of carbonyl (C=O) groups is 1. The quantitative estimate of drug-likeness (QED) is 0.900. The van der Waals surface area contributed by atoms with Crippen molar-refractivity contribution < 1.29 is 4.79 Å². The molecule has 0 fully saturated rings. The lowest BCUT2D eigenvalue weighted by Gasteiger charge is -2.11. The zero-order chi connectivity index (χ0) is 14.2. The van der Waals surface area contributed by atoms with Gasteiger partial charge in [0.25, 0.3) is 5.91 Å². The maximum atomic E-state index is 12.1. The highest BCUT2D eigenvalue weighted by Crippen LogP contribution is 2.25. The number of aromatic nitrogens is 1. The van der Waals surface area contributed by atoms with E-state index in [9.17, 15) is 4.79 Å². The Morgan fingerprint density at radius 1 is 1.37 bits per heavy atom. The summed E-state index contributed by atoms with van der Waals surface area (Å²) in [6.07, 6.45) is 0.942. The first-order valence-electron chi connectivity index (χ1n) is 6.82. The summed E-state index contributed by atoms with van der Waals surface area (Å²) in [7, 11) is 2.06. The highest BCUT2D eigenvalue weighted by Gasteiger charge is 2.13. The first-order valence-corrected chi connectivity index (χ1v) is 6.82. The third-order valence-electron chi connectivity index (χ3n) is 4.06. The molecule has 3 heteroatoms. The van der Waals surface area contributed by atoms with Gasteiger partial charge in [0.2, 0.25) is 0 Å². The molecule has 102 valence electrons. The van der Waals surface area contributed by atoms with Crippen molar-refractivity contribution in [2.24, 2.45) is 7.05 Å². The number of nitrogens with zero attached hydrogens (tertiary/aromatic N) is 1. The van der Waals surface area contributed by atoms with Crippen LogP contribution >= 0.6 is 0 Å². The molecule has 1 amide bonds. The molecule has 1 aromatic heterocycles. The van der Waals surface area contributed by atoms with Gasteiger partial charge in [-0.05, 0) is 51.0 Å². The Labute approximate surface area is 114 Å². The van der Waals surface area contributed by atoms with Crippen LogP contribution in [0.3, 0.4) is 0 Å². The van der Waals surface area contributed by atoms with Gasteiger partial charge in [0.15, 0.2) is 0 Å².